The summed E-state index contributed by atoms with van der Waals surface area (Å²) in [5, 5.41) is 2.15. The molecular weight excluding hydrogens is 356 g/mol. The average molecular weight is 383 g/mol. The van der Waals surface area contributed by atoms with Crippen LogP contribution in [-0.4, -0.2) is 40.4 Å². The highest BCUT2D eigenvalue weighted by atomic mass is 32.1. The Balaban J connectivity index is 1.14. The molecule has 3 aliphatic rings. The van der Waals surface area contributed by atoms with Crippen molar-refractivity contribution in [3.8, 4) is 0 Å². The Labute approximate surface area is 164 Å². The van der Waals surface area contributed by atoms with Crippen LogP contribution in [0.1, 0.15) is 54.3 Å². The summed E-state index contributed by atoms with van der Waals surface area (Å²) in [5.41, 5.74) is 1.35. The quantitative estimate of drug-likeness (QED) is 0.811. The molecule has 6 heteroatoms. The standard InChI is InChI=1S/C21H26N4OS/c26-20(25-11-6-18-17(14-25)7-12-27-18)13-15-4-9-24(10-5-15)19-3-8-22-21(23-19)16-1-2-16/h3,7-8,12,15-16H,1-2,4-6,9-11,13-14H2. The minimum atomic E-state index is 0.336. The van der Waals surface area contributed by atoms with Crippen LogP contribution in [-0.2, 0) is 17.8 Å². The summed E-state index contributed by atoms with van der Waals surface area (Å²) in [7, 11) is 0. The van der Waals surface area contributed by atoms with Gasteiger partial charge in [0.25, 0.3) is 0 Å². The Kier molecular flexibility index (Phi) is 4.60. The van der Waals surface area contributed by atoms with Crippen molar-refractivity contribution in [3.05, 3.63) is 40.0 Å². The van der Waals surface area contributed by atoms with Crippen molar-refractivity contribution in [1.29, 1.82) is 0 Å². The number of rotatable bonds is 4. The zero-order valence-electron chi connectivity index (χ0n) is 15.6. The van der Waals surface area contributed by atoms with Gasteiger partial charge < -0.3 is 9.80 Å². The average Bonchev–Trinajstić information content (AvgIpc) is 3.46. The first-order chi connectivity index (χ1) is 13.3. The number of anilines is 1. The fourth-order valence-electron chi connectivity index (χ4n) is 4.28. The number of carbonyl (C=O) groups excluding carboxylic acids is 1. The molecule has 1 amide bonds. The Morgan fingerprint density at radius 1 is 1.15 bits per heavy atom. The molecule has 4 heterocycles. The number of fused-ring (bicyclic) bond motifs is 1. The van der Waals surface area contributed by atoms with Crippen LogP contribution in [0.3, 0.4) is 0 Å². The molecule has 0 radical (unpaired) electrons. The second kappa shape index (κ2) is 7.23. The van der Waals surface area contributed by atoms with Crippen LogP contribution in [0, 0.1) is 5.92 Å². The van der Waals surface area contributed by atoms with E-state index in [0.717, 1.165) is 57.1 Å². The maximum absolute atomic E-state index is 12.8. The van der Waals surface area contributed by atoms with Crippen LogP contribution in [0.2, 0.25) is 0 Å². The predicted octanol–water partition coefficient (Wildman–Crippen LogP) is 3.61. The van der Waals surface area contributed by atoms with Gasteiger partial charge in [0.1, 0.15) is 11.6 Å². The minimum absolute atomic E-state index is 0.336. The first-order valence-corrected chi connectivity index (χ1v) is 11.0. The number of hydrogen-bond donors (Lipinski definition) is 0. The molecule has 142 valence electrons. The van der Waals surface area contributed by atoms with Gasteiger partial charge in [-0.25, -0.2) is 9.97 Å². The smallest absolute Gasteiger partial charge is 0.223 e. The molecule has 0 unspecified atom stereocenters. The second-order valence-electron chi connectivity index (χ2n) is 8.12. The molecule has 0 atom stereocenters. The van der Waals surface area contributed by atoms with E-state index >= 15 is 0 Å². The summed E-state index contributed by atoms with van der Waals surface area (Å²) >= 11 is 1.83. The molecule has 0 bridgehead atoms. The third kappa shape index (κ3) is 3.72. The van der Waals surface area contributed by atoms with Crippen molar-refractivity contribution in [3.63, 3.8) is 0 Å². The van der Waals surface area contributed by atoms with Gasteiger partial charge in [-0.3, -0.25) is 4.79 Å². The summed E-state index contributed by atoms with van der Waals surface area (Å²) in [6, 6.07) is 4.21. The number of hydrogen-bond acceptors (Lipinski definition) is 5. The molecule has 1 saturated heterocycles. The Morgan fingerprint density at radius 3 is 2.81 bits per heavy atom. The predicted molar refractivity (Wildman–Crippen MR) is 107 cm³/mol. The van der Waals surface area contributed by atoms with E-state index in [-0.39, 0.29) is 0 Å². The maximum atomic E-state index is 12.8. The van der Waals surface area contributed by atoms with Gasteiger partial charge in [-0.15, -0.1) is 11.3 Å². The summed E-state index contributed by atoms with van der Waals surface area (Å²) in [6.45, 7) is 3.68. The van der Waals surface area contributed by atoms with E-state index in [4.69, 9.17) is 4.98 Å². The molecule has 0 N–H and O–H groups in total. The zero-order valence-corrected chi connectivity index (χ0v) is 16.5. The number of nitrogens with zero attached hydrogens (tertiary/aromatic N) is 4. The minimum Gasteiger partial charge on any atom is -0.356 e. The number of amides is 1. The molecule has 27 heavy (non-hydrogen) atoms. The highest BCUT2D eigenvalue weighted by Gasteiger charge is 2.29. The van der Waals surface area contributed by atoms with E-state index < -0.39 is 0 Å². The molecule has 0 spiro atoms. The highest BCUT2D eigenvalue weighted by Crippen LogP contribution is 2.38. The monoisotopic (exact) mass is 382 g/mol. The van der Waals surface area contributed by atoms with Crippen molar-refractivity contribution in [1.82, 2.24) is 14.9 Å². The van der Waals surface area contributed by atoms with Gasteiger partial charge in [0, 0.05) is 49.6 Å². The third-order valence-electron chi connectivity index (χ3n) is 6.16. The van der Waals surface area contributed by atoms with Crippen LogP contribution >= 0.6 is 11.3 Å². The molecule has 1 aliphatic carbocycles. The van der Waals surface area contributed by atoms with Crippen molar-refractivity contribution >= 4 is 23.1 Å². The fourth-order valence-corrected chi connectivity index (χ4v) is 5.17. The van der Waals surface area contributed by atoms with E-state index in [0.29, 0.717) is 24.2 Å². The summed E-state index contributed by atoms with van der Waals surface area (Å²) in [6.07, 6.45) is 8.24. The molecular formula is C21H26N4OS. The van der Waals surface area contributed by atoms with Gasteiger partial charge in [-0.05, 0) is 61.1 Å². The number of aromatic nitrogens is 2. The zero-order chi connectivity index (χ0) is 18.2. The van der Waals surface area contributed by atoms with Crippen molar-refractivity contribution in [2.24, 2.45) is 5.92 Å². The van der Waals surface area contributed by atoms with Gasteiger partial charge in [0.05, 0.1) is 0 Å². The first-order valence-electron chi connectivity index (χ1n) is 10.2. The van der Waals surface area contributed by atoms with Crippen LogP contribution in [0.15, 0.2) is 23.7 Å². The molecule has 2 fully saturated rings. The second-order valence-corrected chi connectivity index (χ2v) is 9.12. The molecule has 1 saturated carbocycles. The van der Waals surface area contributed by atoms with E-state index in [1.54, 1.807) is 0 Å². The van der Waals surface area contributed by atoms with Gasteiger partial charge in [-0.1, -0.05) is 0 Å². The Morgan fingerprint density at radius 2 is 2.00 bits per heavy atom. The van der Waals surface area contributed by atoms with E-state index in [9.17, 15) is 4.79 Å². The Hall–Kier alpha value is -1.95. The summed E-state index contributed by atoms with van der Waals surface area (Å²) in [5.74, 6) is 3.51. The lowest BCUT2D eigenvalue weighted by molar-refractivity contribution is -0.133. The number of thiophene rings is 1. The van der Waals surface area contributed by atoms with Crippen molar-refractivity contribution < 1.29 is 4.79 Å². The Bertz CT molecular complexity index is 823. The summed E-state index contributed by atoms with van der Waals surface area (Å²) < 4.78 is 0. The lowest BCUT2D eigenvalue weighted by Gasteiger charge is -2.34. The van der Waals surface area contributed by atoms with Gasteiger partial charge in [0.2, 0.25) is 5.91 Å². The molecule has 5 nitrogen and oxygen atoms in total. The lowest BCUT2D eigenvalue weighted by Crippen LogP contribution is -2.39. The molecule has 2 aromatic heterocycles. The van der Waals surface area contributed by atoms with Gasteiger partial charge >= 0.3 is 0 Å². The molecule has 2 aliphatic heterocycles. The van der Waals surface area contributed by atoms with Crippen LogP contribution in [0.25, 0.3) is 0 Å². The van der Waals surface area contributed by atoms with E-state index in [2.05, 4.69) is 26.2 Å². The maximum Gasteiger partial charge on any atom is 0.223 e. The van der Waals surface area contributed by atoms with Crippen molar-refractivity contribution in [2.45, 2.75) is 51.0 Å². The molecule has 2 aromatic rings. The first kappa shape index (κ1) is 17.2. The SMILES string of the molecule is O=C(CC1CCN(c2ccnc(C3CC3)n2)CC1)N1CCc2sccc2C1. The van der Waals surface area contributed by atoms with E-state index in [1.807, 2.05) is 23.6 Å². The largest absolute Gasteiger partial charge is 0.356 e. The topological polar surface area (TPSA) is 49.3 Å². The van der Waals surface area contributed by atoms with Gasteiger partial charge in [0.15, 0.2) is 0 Å². The van der Waals surface area contributed by atoms with Crippen LogP contribution in [0.5, 0.6) is 0 Å². The third-order valence-corrected chi connectivity index (χ3v) is 7.19. The van der Waals surface area contributed by atoms with Crippen molar-refractivity contribution in [2.75, 3.05) is 24.5 Å². The number of carbonyl (C=O) groups is 1. The van der Waals surface area contributed by atoms with Crippen LogP contribution in [0.4, 0.5) is 5.82 Å². The highest BCUT2D eigenvalue weighted by molar-refractivity contribution is 7.10. The normalized spacial score (nSPS) is 20.6. The fraction of sp³-hybridized carbons (Fsp3) is 0.571. The van der Waals surface area contributed by atoms with E-state index in [1.165, 1.54) is 23.3 Å². The summed E-state index contributed by atoms with van der Waals surface area (Å²) in [4.78, 5) is 27.9. The molecule has 5 rings (SSSR count). The van der Waals surface area contributed by atoms with Gasteiger partial charge in [-0.2, -0.15) is 0 Å². The molecule has 0 aromatic carbocycles. The lowest BCUT2D eigenvalue weighted by atomic mass is 9.92. The van der Waals surface area contributed by atoms with Crippen LogP contribution < -0.4 is 4.90 Å². The number of piperidine rings is 1.